The van der Waals surface area contributed by atoms with E-state index in [0.29, 0.717) is 13.1 Å². The van der Waals surface area contributed by atoms with E-state index in [1.807, 2.05) is 29.2 Å². The van der Waals surface area contributed by atoms with E-state index in [1.54, 1.807) is 13.2 Å². The highest BCUT2D eigenvalue weighted by Crippen LogP contribution is 2.19. The second-order valence-corrected chi connectivity index (χ2v) is 3.58. The van der Waals surface area contributed by atoms with E-state index < -0.39 is 5.97 Å². The molecule has 0 bridgehead atoms. The summed E-state index contributed by atoms with van der Waals surface area (Å²) in [6.07, 6.45) is 1.87. The fourth-order valence-corrected chi connectivity index (χ4v) is 1.51. The van der Waals surface area contributed by atoms with Crippen molar-refractivity contribution < 1.29 is 14.6 Å². The number of hydrogen-bond donors (Lipinski definition) is 1. The molecule has 0 aliphatic carbocycles. The van der Waals surface area contributed by atoms with Crippen LogP contribution < -0.4 is 9.64 Å². The summed E-state index contributed by atoms with van der Waals surface area (Å²) in [5.74, 6) is -0.0156. The Kier molecular flexibility index (Phi) is 5.07. The van der Waals surface area contributed by atoms with Crippen molar-refractivity contribution in [3.63, 3.8) is 0 Å². The lowest BCUT2D eigenvalue weighted by atomic mass is 10.2. The summed E-state index contributed by atoms with van der Waals surface area (Å²) < 4.78 is 5.07. The van der Waals surface area contributed by atoms with Gasteiger partial charge in [-0.1, -0.05) is 6.08 Å². The Hall–Kier alpha value is -1.97. The fourth-order valence-electron chi connectivity index (χ4n) is 1.51. The molecule has 0 aromatic heterocycles. The molecule has 0 saturated carbocycles. The molecule has 0 saturated heterocycles. The average Bonchev–Trinajstić information content (AvgIpc) is 2.34. The van der Waals surface area contributed by atoms with E-state index in [1.165, 1.54) is 0 Å². The van der Waals surface area contributed by atoms with Crippen molar-refractivity contribution in [2.75, 3.05) is 25.1 Å². The molecule has 1 rings (SSSR count). The molecule has 0 unspecified atom stereocenters. The van der Waals surface area contributed by atoms with Crippen molar-refractivity contribution in [3.8, 4) is 5.75 Å². The number of benzene rings is 1. The van der Waals surface area contributed by atoms with Gasteiger partial charge in [-0.15, -0.1) is 6.58 Å². The largest absolute Gasteiger partial charge is 0.497 e. The third-order valence-corrected chi connectivity index (χ3v) is 2.38. The van der Waals surface area contributed by atoms with Crippen LogP contribution in [-0.4, -0.2) is 31.3 Å². The van der Waals surface area contributed by atoms with E-state index in [-0.39, 0.29) is 6.42 Å². The molecule has 0 fully saturated rings. The van der Waals surface area contributed by atoms with Crippen molar-refractivity contribution in [2.24, 2.45) is 0 Å². The Morgan fingerprint density at radius 2 is 2.12 bits per heavy atom. The van der Waals surface area contributed by atoms with Gasteiger partial charge in [-0.05, 0) is 24.3 Å². The molecule has 1 aromatic rings. The molecule has 1 N–H and O–H groups in total. The molecule has 0 aliphatic rings. The quantitative estimate of drug-likeness (QED) is 0.736. The highest BCUT2D eigenvalue weighted by atomic mass is 16.5. The van der Waals surface area contributed by atoms with Crippen LogP contribution >= 0.6 is 0 Å². The summed E-state index contributed by atoms with van der Waals surface area (Å²) in [6, 6.07) is 7.52. The number of ether oxygens (including phenoxy) is 1. The fraction of sp³-hybridized carbons (Fsp3) is 0.308. The maximum absolute atomic E-state index is 10.6. The van der Waals surface area contributed by atoms with Gasteiger partial charge in [-0.3, -0.25) is 4.79 Å². The first-order chi connectivity index (χ1) is 8.17. The van der Waals surface area contributed by atoms with Crippen molar-refractivity contribution in [1.29, 1.82) is 0 Å². The minimum absolute atomic E-state index is 0.111. The Labute approximate surface area is 101 Å². The van der Waals surface area contributed by atoms with Gasteiger partial charge in [0, 0.05) is 18.8 Å². The summed E-state index contributed by atoms with van der Waals surface area (Å²) in [6.45, 7) is 4.76. The summed E-state index contributed by atoms with van der Waals surface area (Å²) in [5, 5.41) is 8.69. The molecule has 17 heavy (non-hydrogen) atoms. The van der Waals surface area contributed by atoms with Gasteiger partial charge < -0.3 is 14.7 Å². The van der Waals surface area contributed by atoms with E-state index in [2.05, 4.69) is 6.58 Å². The minimum atomic E-state index is -0.799. The van der Waals surface area contributed by atoms with Gasteiger partial charge in [0.05, 0.1) is 13.5 Å². The third-order valence-electron chi connectivity index (χ3n) is 2.38. The van der Waals surface area contributed by atoms with Crippen LogP contribution in [0, 0.1) is 0 Å². The maximum Gasteiger partial charge on any atom is 0.305 e. The van der Waals surface area contributed by atoms with Gasteiger partial charge in [-0.2, -0.15) is 0 Å². The molecular formula is C13H17NO3. The number of methoxy groups -OCH3 is 1. The van der Waals surface area contributed by atoms with E-state index in [0.717, 1.165) is 11.4 Å². The van der Waals surface area contributed by atoms with Crippen LogP contribution in [-0.2, 0) is 4.79 Å². The highest BCUT2D eigenvalue weighted by Gasteiger charge is 2.07. The van der Waals surface area contributed by atoms with Gasteiger partial charge in [0.1, 0.15) is 5.75 Å². The zero-order valence-electron chi connectivity index (χ0n) is 9.93. The molecule has 0 aliphatic heterocycles. The molecule has 92 valence electrons. The lowest BCUT2D eigenvalue weighted by molar-refractivity contribution is -0.136. The van der Waals surface area contributed by atoms with Crippen molar-refractivity contribution >= 4 is 11.7 Å². The molecule has 0 radical (unpaired) electrons. The second-order valence-electron chi connectivity index (χ2n) is 3.58. The first-order valence-corrected chi connectivity index (χ1v) is 5.39. The monoisotopic (exact) mass is 235 g/mol. The standard InChI is InChI=1S/C13H17NO3/c1-3-9-14(10-8-13(15)16)11-4-6-12(17-2)7-5-11/h3-7H,1,8-10H2,2H3,(H,15,16). The Morgan fingerprint density at radius 3 is 2.59 bits per heavy atom. The predicted octanol–water partition coefficient (Wildman–Crippen LogP) is 2.16. The molecule has 0 spiro atoms. The van der Waals surface area contributed by atoms with E-state index in [4.69, 9.17) is 9.84 Å². The topological polar surface area (TPSA) is 49.8 Å². The third kappa shape index (κ3) is 4.18. The normalized spacial score (nSPS) is 9.71. The predicted molar refractivity (Wildman–Crippen MR) is 67.7 cm³/mol. The number of hydrogen-bond acceptors (Lipinski definition) is 3. The number of aliphatic carboxylic acids is 1. The van der Waals surface area contributed by atoms with Crippen LogP contribution in [0.2, 0.25) is 0 Å². The van der Waals surface area contributed by atoms with Gasteiger partial charge >= 0.3 is 5.97 Å². The molecule has 4 heteroatoms. The first kappa shape index (κ1) is 13.1. The van der Waals surface area contributed by atoms with Gasteiger partial charge in [0.25, 0.3) is 0 Å². The van der Waals surface area contributed by atoms with Crippen LogP contribution in [0.5, 0.6) is 5.75 Å². The minimum Gasteiger partial charge on any atom is -0.497 e. The van der Waals surface area contributed by atoms with Crippen LogP contribution in [0.4, 0.5) is 5.69 Å². The maximum atomic E-state index is 10.6. The molecule has 4 nitrogen and oxygen atoms in total. The van der Waals surface area contributed by atoms with Crippen LogP contribution in [0.15, 0.2) is 36.9 Å². The molecule has 0 amide bonds. The summed E-state index contributed by atoms with van der Waals surface area (Å²) in [5.41, 5.74) is 0.965. The van der Waals surface area contributed by atoms with Gasteiger partial charge in [0.15, 0.2) is 0 Å². The number of carboxylic acid groups (broad SMARTS) is 1. The molecule has 0 atom stereocenters. The first-order valence-electron chi connectivity index (χ1n) is 5.39. The summed E-state index contributed by atoms with van der Waals surface area (Å²) in [7, 11) is 1.61. The van der Waals surface area contributed by atoms with Crippen LogP contribution in [0.1, 0.15) is 6.42 Å². The lowest BCUT2D eigenvalue weighted by Crippen LogP contribution is -2.26. The smallest absolute Gasteiger partial charge is 0.305 e. The molecule has 0 heterocycles. The number of nitrogens with zero attached hydrogens (tertiary/aromatic N) is 1. The number of anilines is 1. The van der Waals surface area contributed by atoms with Gasteiger partial charge in [-0.25, -0.2) is 0 Å². The second kappa shape index (κ2) is 6.58. The van der Waals surface area contributed by atoms with Crippen molar-refractivity contribution in [3.05, 3.63) is 36.9 Å². The van der Waals surface area contributed by atoms with E-state index >= 15 is 0 Å². The molecular weight excluding hydrogens is 218 g/mol. The number of rotatable bonds is 7. The Bertz CT molecular complexity index is 373. The van der Waals surface area contributed by atoms with Crippen molar-refractivity contribution in [1.82, 2.24) is 0 Å². The highest BCUT2D eigenvalue weighted by molar-refractivity contribution is 5.67. The number of carbonyl (C=O) groups is 1. The average molecular weight is 235 g/mol. The van der Waals surface area contributed by atoms with E-state index in [9.17, 15) is 4.79 Å². The SMILES string of the molecule is C=CCN(CCC(=O)O)c1ccc(OC)cc1. The Morgan fingerprint density at radius 1 is 1.47 bits per heavy atom. The Balaban J connectivity index is 2.73. The van der Waals surface area contributed by atoms with Crippen LogP contribution in [0.3, 0.4) is 0 Å². The number of carboxylic acids is 1. The zero-order valence-corrected chi connectivity index (χ0v) is 9.93. The van der Waals surface area contributed by atoms with Crippen molar-refractivity contribution in [2.45, 2.75) is 6.42 Å². The zero-order chi connectivity index (χ0) is 12.7. The van der Waals surface area contributed by atoms with Crippen LogP contribution in [0.25, 0.3) is 0 Å². The summed E-state index contributed by atoms with van der Waals surface area (Å²) in [4.78, 5) is 12.5. The van der Waals surface area contributed by atoms with Gasteiger partial charge in [0.2, 0.25) is 0 Å². The molecule has 1 aromatic carbocycles. The lowest BCUT2D eigenvalue weighted by Gasteiger charge is -2.22. The summed E-state index contributed by atoms with van der Waals surface area (Å²) >= 11 is 0.